The lowest BCUT2D eigenvalue weighted by Crippen LogP contribution is -2.31. The second-order valence-corrected chi connectivity index (χ2v) is 5.97. The first-order chi connectivity index (χ1) is 8.26. The van der Waals surface area contributed by atoms with Crippen molar-refractivity contribution in [2.75, 3.05) is 5.32 Å². The van der Waals surface area contributed by atoms with Crippen LogP contribution in [-0.4, -0.2) is 16.9 Å². The molecule has 0 aliphatic heterocycles. The summed E-state index contributed by atoms with van der Waals surface area (Å²) in [6.07, 6.45) is 2.82. The minimum absolute atomic E-state index is 0.0580. The van der Waals surface area contributed by atoms with Gasteiger partial charge in [0.15, 0.2) is 0 Å². The van der Waals surface area contributed by atoms with Crippen LogP contribution in [0, 0.1) is 12.3 Å². The molecule has 0 aliphatic carbocycles. The van der Waals surface area contributed by atoms with Crippen molar-refractivity contribution in [2.24, 2.45) is 11.1 Å². The molecule has 1 rings (SSSR count). The van der Waals surface area contributed by atoms with E-state index >= 15 is 0 Å². The predicted octanol–water partition coefficient (Wildman–Crippen LogP) is 2.48. The van der Waals surface area contributed by atoms with E-state index in [0.29, 0.717) is 12.1 Å². The summed E-state index contributed by atoms with van der Waals surface area (Å²) in [6, 6.07) is 3.60. The summed E-state index contributed by atoms with van der Waals surface area (Å²) in [6.45, 7) is 8.27. The van der Waals surface area contributed by atoms with Crippen molar-refractivity contribution in [3.05, 3.63) is 24.0 Å². The Morgan fingerprint density at radius 2 is 2.11 bits per heavy atom. The topological polar surface area (TPSA) is 68.0 Å². The fraction of sp³-hybridized carbons (Fsp3) is 0.571. The Balaban J connectivity index is 2.44. The van der Waals surface area contributed by atoms with Gasteiger partial charge in [-0.25, -0.2) is 0 Å². The van der Waals surface area contributed by atoms with Gasteiger partial charge in [0.2, 0.25) is 5.91 Å². The van der Waals surface area contributed by atoms with E-state index in [2.05, 4.69) is 31.1 Å². The number of nitrogens with one attached hydrogen (secondary N) is 1. The molecule has 1 unspecified atom stereocenters. The molecule has 18 heavy (non-hydrogen) atoms. The maximum atomic E-state index is 11.8. The number of carbonyl (C=O) groups is 1. The maximum absolute atomic E-state index is 11.8. The van der Waals surface area contributed by atoms with Crippen molar-refractivity contribution < 1.29 is 4.79 Å². The Labute approximate surface area is 109 Å². The first-order valence-corrected chi connectivity index (χ1v) is 6.24. The molecule has 0 saturated heterocycles. The SMILES string of the molecule is Cc1ccc(NC(=O)CC(N)CC(C)(C)C)cn1. The van der Waals surface area contributed by atoms with Gasteiger partial charge in [-0.05, 0) is 30.9 Å². The smallest absolute Gasteiger partial charge is 0.225 e. The number of amides is 1. The van der Waals surface area contributed by atoms with E-state index in [-0.39, 0.29) is 17.4 Å². The van der Waals surface area contributed by atoms with E-state index in [0.717, 1.165) is 12.1 Å². The molecule has 1 aromatic heterocycles. The third kappa shape index (κ3) is 5.77. The van der Waals surface area contributed by atoms with E-state index in [1.54, 1.807) is 6.20 Å². The molecule has 0 bridgehead atoms. The molecule has 1 aromatic rings. The molecule has 3 N–H and O–H groups in total. The number of carbonyl (C=O) groups excluding carboxylic acids is 1. The number of pyridine rings is 1. The molecule has 0 saturated carbocycles. The quantitative estimate of drug-likeness (QED) is 0.861. The Morgan fingerprint density at radius 1 is 1.44 bits per heavy atom. The van der Waals surface area contributed by atoms with Crippen molar-refractivity contribution in [3.63, 3.8) is 0 Å². The molecule has 100 valence electrons. The normalized spacial score (nSPS) is 13.2. The summed E-state index contributed by atoms with van der Waals surface area (Å²) in [5, 5.41) is 2.80. The van der Waals surface area contributed by atoms with Gasteiger partial charge in [-0.15, -0.1) is 0 Å². The number of nitrogens with two attached hydrogens (primary N) is 1. The Hall–Kier alpha value is -1.42. The Kier molecular flexibility index (Phi) is 4.84. The standard InChI is InChI=1S/C14H23N3O/c1-10-5-6-12(9-16-10)17-13(18)7-11(15)8-14(2,3)4/h5-6,9,11H,7-8,15H2,1-4H3,(H,17,18). The second kappa shape index (κ2) is 5.96. The Bertz CT molecular complexity index is 392. The van der Waals surface area contributed by atoms with Crippen molar-refractivity contribution >= 4 is 11.6 Å². The van der Waals surface area contributed by atoms with E-state index in [1.165, 1.54) is 0 Å². The summed E-state index contributed by atoms with van der Waals surface area (Å²) in [5.41, 5.74) is 7.75. The van der Waals surface area contributed by atoms with E-state index in [1.807, 2.05) is 19.1 Å². The van der Waals surface area contributed by atoms with E-state index in [4.69, 9.17) is 5.73 Å². The number of hydrogen-bond acceptors (Lipinski definition) is 3. The molecule has 4 nitrogen and oxygen atoms in total. The lowest BCUT2D eigenvalue weighted by atomic mass is 9.87. The third-order valence-corrected chi connectivity index (χ3v) is 2.52. The van der Waals surface area contributed by atoms with Gasteiger partial charge in [0.1, 0.15) is 0 Å². The van der Waals surface area contributed by atoms with Gasteiger partial charge in [0.05, 0.1) is 11.9 Å². The summed E-state index contributed by atoms with van der Waals surface area (Å²) in [5.74, 6) is -0.0580. The van der Waals surface area contributed by atoms with Crippen LogP contribution in [0.4, 0.5) is 5.69 Å². The molecule has 0 spiro atoms. The number of hydrogen-bond donors (Lipinski definition) is 2. The second-order valence-electron chi connectivity index (χ2n) is 5.97. The highest BCUT2D eigenvalue weighted by atomic mass is 16.1. The monoisotopic (exact) mass is 249 g/mol. The first kappa shape index (κ1) is 14.6. The summed E-state index contributed by atoms with van der Waals surface area (Å²) >= 11 is 0. The van der Waals surface area contributed by atoms with Crippen molar-refractivity contribution in [3.8, 4) is 0 Å². The van der Waals surface area contributed by atoms with Gasteiger partial charge in [-0.2, -0.15) is 0 Å². The van der Waals surface area contributed by atoms with Gasteiger partial charge in [0, 0.05) is 18.2 Å². The fourth-order valence-electron chi connectivity index (χ4n) is 1.85. The minimum Gasteiger partial charge on any atom is -0.327 e. The van der Waals surface area contributed by atoms with E-state index in [9.17, 15) is 4.79 Å². The lowest BCUT2D eigenvalue weighted by molar-refractivity contribution is -0.116. The summed E-state index contributed by atoms with van der Waals surface area (Å²) in [7, 11) is 0. The van der Waals surface area contributed by atoms with Crippen LogP contribution in [0.3, 0.4) is 0 Å². The van der Waals surface area contributed by atoms with Crippen LogP contribution in [0.2, 0.25) is 0 Å². The maximum Gasteiger partial charge on any atom is 0.225 e. The molecule has 0 fully saturated rings. The van der Waals surface area contributed by atoms with Gasteiger partial charge < -0.3 is 11.1 Å². The highest BCUT2D eigenvalue weighted by Gasteiger charge is 2.18. The van der Waals surface area contributed by atoms with Crippen LogP contribution in [0.5, 0.6) is 0 Å². The number of nitrogens with zero attached hydrogens (tertiary/aromatic N) is 1. The number of aryl methyl sites for hydroxylation is 1. The molecule has 1 atom stereocenters. The highest BCUT2D eigenvalue weighted by molar-refractivity contribution is 5.90. The van der Waals surface area contributed by atoms with Gasteiger partial charge >= 0.3 is 0 Å². The zero-order valence-corrected chi connectivity index (χ0v) is 11.7. The molecule has 1 amide bonds. The van der Waals surface area contributed by atoms with Crippen LogP contribution in [0.1, 0.15) is 39.3 Å². The number of anilines is 1. The third-order valence-electron chi connectivity index (χ3n) is 2.52. The fourth-order valence-corrected chi connectivity index (χ4v) is 1.85. The average Bonchev–Trinajstić information content (AvgIpc) is 2.18. The molecular formula is C14H23N3O. The Morgan fingerprint density at radius 3 is 2.61 bits per heavy atom. The van der Waals surface area contributed by atoms with Crippen LogP contribution >= 0.6 is 0 Å². The van der Waals surface area contributed by atoms with Crippen molar-refractivity contribution in [1.82, 2.24) is 4.98 Å². The highest BCUT2D eigenvalue weighted by Crippen LogP contribution is 2.21. The number of aromatic nitrogens is 1. The first-order valence-electron chi connectivity index (χ1n) is 6.24. The number of rotatable bonds is 4. The largest absolute Gasteiger partial charge is 0.327 e. The van der Waals surface area contributed by atoms with E-state index < -0.39 is 0 Å². The average molecular weight is 249 g/mol. The zero-order chi connectivity index (χ0) is 13.8. The molecule has 0 radical (unpaired) electrons. The summed E-state index contributed by atoms with van der Waals surface area (Å²) in [4.78, 5) is 15.9. The molecule has 0 aromatic carbocycles. The summed E-state index contributed by atoms with van der Waals surface area (Å²) < 4.78 is 0. The molecule has 1 heterocycles. The molecular weight excluding hydrogens is 226 g/mol. The predicted molar refractivity (Wildman–Crippen MR) is 74.3 cm³/mol. The zero-order valence-electron chi connectivity index (χ0n) is 11.7. The lowest BCUT2D eigenvalue weighted by Gasteiger charge is -2.22. The van der Waals surface area contributed by atoms with Gasteiger partial charge in [-0.3, -0.25) is 9.78 Å². The molecule has 0 aliphatic rings. The van der Waals surface area contributed by atoms with Gasteiger partial charge in [0.25, 0.3) is 0 Å². The van der Waals surface area contributed by atoms with Crippen molar-refractivity contribution in [2.45, 2.75) is 46.6 Å². The van der Waals surface area contributed by atoms with Crippen LogP contribution < -0.4 is 11.1 Å². The molecule has 4 heteroatoms. The van der Waals surface area contributed by atoms with Crippen molar-refractivity contribution in [1.29, 1.82) is 0 Å². The van der Waals surface area contributed by atoms with Crippen LogP contribution in [0.25, 0.3) is 0 Å². The van der Waals surface area contributed by atoms with Crippen LogP contribution in [0.15, 0.2) is 18.3 Å². The van der Waals surface area contributed by atoms with Crippen LogP contribution in [-0.2, 0) is 4.79 Å². The minimum atomic E-state index is -0.108. The van der Waals surface area contributed by atoms with Gasteiger partial charge in [-0.1, -0.05) is 20.8 Å².